The Morgan fingerprint density at radius 2 is 1.78 bits per heavy atom. The fourth-order valence-electron chi connectivity index (χ4n) is 1.55. The average molecular weight is 244 g/mol. The number of hydrogen-bond acceptors (Lipinski definition) is 2. The van der Waals surface area contributed by atoms with E-state index in [0.29, 0.717) is 13.1 Å². The van der Waals surface area contributed by atoms with E-state index in [1.807, 2.05) is 31.2 Å². The molecule has 0 unspecified atom stereocenters. The second kappa shape index (κ2) is 7.33. The highest BCUT2D eigenvalue weighted by atomic mass is 16.2. The predicted octanol–water partition coefficient (Wildman–Crippen LogP) is 2.61. The molecule has 0 radical (unpaired) electrons. The molecule has 0 bridgehead atoms. The molecule has 0 aliphatic heterocycles. The van der Waals surface area contributed by atoms with Crippen molar-refractivity contribution in [3.05, 3.63) is 55.1 Å². The number of benzene rings is 1. The second-order valence-corrected chi connectivity index (χ2v) is 4.10. The van der Waals surface area contributed by atoms with Crippen LogP contribution in [0.4, 0.5) is 5.69 Å². The van der Waals surface area contributed by atoms with Gasteiger partial charge in [0.15, 0.2) is 0 Å². The van der Waals surface area contributed by atoms with Gasteiger partial charge in [0.05, 0.1) is 6.54 Å². The quantitative estimate of drug-likeness (QED) is 0.748. The highest BCUT2D eigenvalue weighted by Crippen LogP contribution is 2.08. The van der Waals surface area contributed by atoms with Gasteiger partial charge >= 0.3 is 0 Å². The van der Waals surface area contributed by atoms with E-state index in [1.54, 1.807) is 17.1 Å². The van der Waals surface area contributed by atoms with Gasteiger partial charge in [-0.15, -0.1) is 13.2 Å². The van der Waals surface area contributed by atoms with Crippen LogP contribution < -0.4 is 5.32 Å². The van der Waals surface area contributed by atoms with Crippen LogP contribution >= 0.6 is 0 Å². The van der Waals surface area contributed by atoms with Crippen LogP contribution in [0, 0.1) is 6.92 Å². The van der Waals surface area contributed by atoms with Gasteiger partial charge in [0.2, 0.25) is 5.91 Å². The predicted molar refractivity (Wildman–Crippen MR) is 76.6 cm³/mol. The molecule has 18 heavy (non-hydrogen) atoms. The normalized spacial score (nSPS) is 9.61. The fourth-order valence-corrected chi connectivity index (χ4v) is 1.55. The maximum atomic E-state index is 11.9. The summed E-state index contributed by atoms with van der Waals surface area (Å²) in [5.41, 5.74) is 2.15. The molecule has 1 aromatic rings. The van der Waals surface area contributed by atoms with E-state index in [-0.39, 0.29) is 12.5 Å². The summed E-state index contributed by atoms with van der Waals surface area (Å²) in [6.07, 6.45) is 3.43. The van der Waals surface area contributed by atoms with Gasteiger partial charge in [-0.25, -0.2) is 0 Å². The lowest BCUT2D eigenvalue weighted by atomic mass is 10.2. The standard InChI is InChI=1S/C15H20N2O/c1-4-10-17(11-5-2)15(18)12-16-14-8-6-13(3)7-9-14/h4-9,16H,1-2,10-12H2,3H3. The largest absolute Gasteiger partial charge is 0.376 e. The first-order valence-corrected chi connectivity index (χ1v) is 5.97. The van der Waals surface area contributed by atoms with Crippen molar-refractivity contribution in [3.63, 3.8) is 0 Å². The van der Waals surface area contributed by atoms with Crippen LogP contribution in [0.15, 0.2) is 49.6 Å². The lowest BCUT2D eigenvalue weighted by Gasteiger charge is -2.19. The van der Waals surface area contributed by atoms with Gasteiger partial charge in [-0.05, 0) is 19.1 Å². The highest BCUT2D eigenvalue weighted by molar-refractivity contribution is 5.81. The van der Waals surface area contributed by atoms with Crippen molar-refractivity contribution in [1.29, 1.82) is 0 Å². The fraction of sp³-hybridized carbons (Fsp3) is 0.267. The molecule has 0 saturated carbocycles. The Bertz CT molecular complexity index is 399. The number of carbonyl (C=O) groups excluding carboxylic acids is 1. The molecule has 0 fully saturated rings. The van der Waals surface area contributed by atoms with Crippen molar-refractivity contribution in [1.82, 2.24) is 4.90 Å². The van der Waals surface area contributed by atoms with Crippen molar-refractivity contribution in [2.24, 2.45) is 0 Å². The molecular formula is C15H20N2O. The van der Waals surface area contributed by atoms with Gasteiger partial charge in [-0.1, -0.05) is 29.8 Å². The van der Waals surface area contributed by atoms with E-state index < -0.39 is 0 Å². The van der Waals surface area contributed by atoms with E-state index in [4.69, 9.17) is 0 Å². The van der Waals surface area contributed by atoms with Crippen LogP contribution in [0.2, 0.25) is 0 Å². The summed E-state index contributed by atoms with van der Waals surface area (Å²) in [6.45, 7) is 10.7. The molecule has 0 spiro atoms. The molecule has 0 atom stereocenters. The smallest absolute Gasteiger partial charge is 0.242 e. The molecule has 3 nitrogen and oxygen atoms in total. The number of hydrogen-bond donors (Lipinski definition) is 1. The third-order valence-corrected chi connectivity index (χ3v) is 2.55. The maximum Gasteiger partial charge on any atom is 0.242 e. The van der Waals surface area contributed by atoms with Gasteiger partial charge in [0.1, 0.15) is 0 Å². The SMILES string of the molecule is C=CCN(CC=C)C(=O)CNc1ccc(C)cc1. The number of anilines is 1. The molecule has 1 amide bonds. The highest BCUT2D eigenvalue weighted by Gasteiger charge is 2.09. The number of nitrogens with zero attached hydrogens (tertiary/aromatic N) is 1. The van der Waals surface area contributed by atoms with Gasteiger partial charge in [0.25, 0.3) is 0 Å². The third kappa shape index (κ3) is 4.45. The van der Waals surface area contributed by atoms with E-state index in [2.05, 4.69) is 18.5 Å². The molecule has 0 heterocycles. The summed E-state index contributed by atoms with van der Waals surface area (Å²) in [5, 5.41) is 3.11. The number of rotatable bonds is 7. The summed E-state index contributed by atoms with van der Waals surface area (Å²) in [4.78, 5) is 13.6. The van der Waals surface area contributed by atoms with Crippen molar-refractivity contribution in [3.8, 4) is 0 Å². The van der Waals surface area contributed by atoms with Crippen molar-refractivity contribution < 1.29 is 4.79 Å². The Balaban J connectivity index is 2.50. The maximum absolute atomic E-state index is 11.9. The zero-order valence-corrected chi connectivity index (χ0v) is 10.9. The topological polar surface area (TPSA) is 32.3 Å². The Morgan fingerprint density at radius 1 is 1.22 bits per heavy atom. The minimum absolute atomic E-state index is 0.0374. The number of carbonyl (C=O) groups is 1. The molecule has 3 heteroatoms. The van der Waals surface area contributed by atoms with Crippen LogP contribution in [0.1, 0.15) is 5.56 Å². The van der Waals surface area contributed by atoms with Gasteiger partial charge in [-0.2, -0.15) is 0 Å². The van der Waals surface area contributed by atoms with Crippen LogP contribution in [0.3, 0.4) is 0 Å². The van der Waals surface area contributed by atoms with Crippen LogP contribution in [0.5, 0.6) is 0 Å². The first kappa shape index (κ1) is 14.0. The van der Waals surface area contributed by atoms with Crippen LogP contribution in [0.25, 0.3) is 0 Å². The van der Waals surface area contributed by atoms with Gasteiger partial charge in [0, 0.05) is 18.8 Å². The molecule has 1 N–H and O–H groups in total. The van der Waals surface area contributed by atoms with Crippen LogP contribution in [-0.2, 0) is 4.79 Å². The minimum Gasteiger partial charge on any atom is -0.376 e. The van der Waals surface area contributed by atoms with E-state index in [0.717, 1.165) is 5.69 Å². The average Bonchev–Trinajstić information content (AvgIpc) is 2.37. The zero-order valence-electron chi connectivity index (χ0n) is 10.9. The summed E-state index contributed by atoms with van der Waals surface area (Å²) < 4.78 is 0. The molecule has 0 saturated heterocycles. The molecule has 0 aromatic heterocycles. The molecular weight excluding hydrogens is 224 g/mol. The lowest BCUT2D eigenvalue weighted by Crippen LogP contribution is -2.35. The van der Waals surface area contributed by atoms with E-state index >= 15 is 0 Å². The summed E-state index contributed by atoms with van der Waals surface area (Å²) in [5.74, 6) is 0.0374. The molecule has 0 aliphatic carbocycles. The Morgan fingerprint density at radius 3 is 2.28 bits per heavy atom. The number of nitrogens with one attached hydrogen (secondary N) is 1. The van der Waals surface area contributed by atoms with E-state index in [9.17, 15) is 4.79 Å². The van der Waals surface area contributed by atoms with Crippen molar-refractivity contribution in [2.45, 2.75) is 6.92 Å². The van der Waals surface area contributed by atoms with Crippen LogP contribution in [-0.4, -0.2) is 30.4 Å². The Hall–Kier alpha value is -2.03. The van der Waals surface area contributed by atoms with Gasteiger partial charge < -0.3 is 10.2 Å². The summed E-state index contributed by atoms with van der Waals surface area (Å²) in [7, 11) is 0. The first-order valence-electron chi connectivity index (χ1n) is 5.97. The first-order chi connectivity index (χ1) is 8.67. The molecule has 96 valence electrons. The van der Waals surface area contributed by atoms with Crippen molar-refractivity contribution >= 4 is 11.6 Å². The minimum atomic E-state index is 0.0374. The van der Waals surface area contributed by atoms with E-state index in [1.165, 1.54) is 5.56 Å². The Labute approximate surface area is 109 Å². The van der Waals surface area contributed by atoms with Gasteiger partial charge in [-0.3, -0.25) is 4.79 Å². The third-order valence-electron chi connectivity index (χ3n) is 2.55. The molecule has 1 aromatic carbocycles. The summed E-state index contributed by atoms with van der Waals surface area (Å²) in [6, 6.07) is 7.96. The number of aryl methyl sites for hydroxylation is 1. The summed E-state index contributed by atoms with van der Waals surface area (Å²) >= 11 is 0. The number of amides is 1. The monoisotopic (exact) mass is 244 g/mol. The zero-order chi connectivity index (χ0) is 13.4. The second-order valence-electron chi connectivity index (χ2n) is 4.10. The lowest BCUT2D eigenvalue weighted by molar-refractivity contribution is -0.128. The van der Waals surface area contributed by atoms with Crippen molar-refractivity contribution in [2.75, 3.05) is 25.0 Å². The molecule has 0 aliphatic rings. The molecule has 1 rings (SSSR count). The Kier molecular flexibility index (Phi) is 5.71.